The van der Waals surface area contributed by atoms with Gasteiger partial charge in [0.15, 0.2) is 5.13 Å². The second kappa shape index (κ2) is 7.90. The molecular weight excluding hydrogens is 377 g/mol. The van der Waals surface area contributed by atoms with Crippen molar-refractivity contribution in [2.75, 3.05) is 10.6 Å². The van der Waals surface area contributed by atoms with Crippen LogP contribution in [0.4, 0.5) is 15.2 Å². The standard InChI is InChI=1S/C21H18FN3O2S/c22-16-6-3-5-14(11-16)18-12-28-21(24-18)25-19(26)9-8-15-10-13-4-1-2-7-17(13)23-20(15)27/h1-7,11-12,15H,8-10H2,(H,23,27)(H,24,25,26). The number of rotatable bonds is 5. The van der Waals surface area contributed by atoms with Crippen molar-refractivity contribution in [3.63, 3.8) is 0 Å². The third-order valence-corrected chi connectivity index (χ3v) is 5.46. The summed E-state index contributed by atoms with van der Waals surface area (Å²) in [7, 11) is 0. The van der Waals surface area contributed by atoms with E-state index in [0.29, 0.717) is 29.2 Å². The van der Waals surface area contributed by atoms with E-state index in [4.69, 9.17) is 0 Å². The Hall–Kier alpha value is -3.06. The normalized spacial score (nSPS) is 15.6. The predicted molar refractivity (Wildman–Crippen MR) is 108 cm³/mol. The van der Waals surface area contributed by atoms with Crippen LogP contribution >= 0.6 is 11.3 Å². The summed E-state index contributed by atoms with van der Waals surface area (Å²) in [5.41, 5.74) is 3.21. The van der Waals surface area contributed by atoms with Crippen LogP contribution in [0.15, 0.2) is 53.9 Å². The van der Waals surface area contributed by atoms with E-state index >= 15 is 0 Å². The topological polar surface area (TPSA) is 71.1 Å². The van der Waals surface area contributed by atoms with E-state index in [1.807, 2.05) is 24.3 Å². The molecular formula is C21H18FN3O2S. The van der Waals surface area contributed by atoms with Gasteiger partial charge >= 0.3 is 0 Å². The molecule has 1 atom stereocenters. The summed E-state index contributed by atoms with van der Waals surface area (Å²) in [6.45, 7) is 0. The van der Waals surface area contributed by atoms with Gasteiger partial charge in [0.05, 0.1) is 5.69 Å². The molecule has 1 aromatic heterocycles. The number of thiazole rings is 1. The Labute approximate surface area is 165 Å². The van der Waals surface area contributed by atoms with E-state index in [-0.39, 0.29) is 30.0 Å². The van der Waals surface area contributed by atoms with Crippen LogP contribution in [0, 0.1) is 11.7 Å². The quantitative estimate of drug-likeness (QED) is 0.669. The Bertz CT molecular complexity index is 1030. The number of aromatic nitrogens is 1. The first-order chi connectivity index (χ1) is 13.6. The lowest BCUT2D eigenvalue weighted by molar-refractivity contribution is -0.121. The van der Waals surface area contributed by atoms with Gasteiger partial charge < -0.3 is 10.6 Å². The zero-order valence-corrected chi connectivity index (χ0v) is 15.8. The van der Waals surface area contributed by atoms with Gasteiger partial charge in [-0.15, -0.1) is 11.3 Å². The molecule has 2 heterocycles. The fraction of sp³-hybridized carbons (Fsp3) is 0.190. The third kappa shape index (κ3) is 4.09. The molecule has 0 bridgehead atoms. The molecule has 0 saturated carbocycles. The lowest BCUT2D eigenvalue weighted by Gasteiger charge is -2.24. The summed E-state index contributed by atoms with van der Waals surface area (Å²) >= 11 is 1.29. The number of amides is 2. The van der Waals surface area contributed by atoms with Crippen molar-refractivity contribution in [3.05, 3.63) is 65.3 Å². The zero-order chi connectivity index (χ0) is 19.5. The van der Waals surface area contributed by atoms with E-state index in [9.17, 15) is 14.0 Å². The highest BCUT2D eigenvalue weighted by Crippen LogP contribution is 2.28. The average molecular weight is 395 g/mol. The number of halogens is 1. The molecule has 7 heteroatoms. The number of carbonyl (C=O) groups is 2. The number of benzene rings is 2. The fourth-order valence-corrected chi connectivity index (χ4v) is 3.98. The molecule has 0 fully saturated rings. The largest absolute Gasteiger partial charge is 0.326 e. The number of para-hydroxylation sites is 1. The third-order valence-electron chi connectivity index (χ3n) is 4.70. The number of anilines is 2. The van der Waals surface area contributed by atoms with Gasteiger partial charge in [-0.05, 0) is 36.6 Å². The molecule has 1 unspecified atom stereocenters. The van der Waals surface area contributed by atoms with Crippen LogP contribution in [0.3, 0.4) is 0 Å². The first-order valence-electron chi connectivity index (χ1n) is 8.98. The lowest BCUT2D eigenvalue weighted by Crippen LogP contribution is -2.30. The molecule has 1 aliphatic heterocycles. The van der Waals surface area contributed by atoms with E-state index in [0.717, 1.165) is 11.3 Å². The Morgan fingerprint density at radius 1 is 1.25 bits per heavy atom. The molecule has 2 aromatic carbocycles. The molecule has 2 amide bonds. The number of carbonyl (C=O) groups excluding carboxylic acids is 2. The highest BCUT2D eigenvalue weighted by Gasteiger charge is 2.26. The Kier molecular flexibility index (Phi) is 5.16. The molecule has 0 aliphatic carbocycles. The van der Waals surface area contributed by atoms with Crippen molar-refractivity contribution < 1.29 is 14.0 Å². The van der Waals surface area contributed by atoms with Crippen LogP contribution in [0.5, 0.6) is 0 Å². The van der Waals surface area contributed by atoms with Gasteiger partial charge in [-0.1, -0.05) is 30.3 Å². The van der Waals surface area contributed by atoms with Gasteiger partial charge in [-0.3, -0.25) is 9.59 Å². The summed E-state index contributed by atoms with van der Waals surface area (Å²) in [5, 5.41) is 7.90. The van der Waals surface area contributed by atoms with Gasteiger partial charge in [0.2, 0.25) is 11.8 Å². The molecule has 142 valence electrons. The number of nitrogens with zero attached hydrogens (tertiary/aromatic N) is 1. The second-order valence-electron chi connectivity index (χ2n) is 6.68. The van der Waals surface area contributed by atoms with E-state index < -0.39 is 0 Å². The molecule has 3 aromatic rings. The average Bonchev–Trinajstić information content (AvgIpc) is 3.15. The number of hydrogen-bond donors (Lipinski definition) is 2. The minimum atomic E-state index is -0.330. The monoisotopic (exact) mass is 395 g/mol. The van der Waals surface area contributed by atoms with E-state index in [1.54, 1.807) is 17.5 Å². The van der Waals surface area contributed by atoms with Crippen LogP contribution in [0.25, 0.3) is 11.3 Å². The highest BCUT2D eigenvalue weighted by molar-refractivity contribution is 7.14. The predicted octanol–water partition coefficient (Wildman–Crippen LogP) is 4.48. The van der Waals surface area contributed by atoms with Crippen LogP contribution in [-0.2, 0) is 16.0 Å². The van der Waals surface area contributed by atoms with Gasteiger partial charge in [0, 0.05) is 29.0 Å². The second-order valence-corrected chi connectivity index (χ2v) is 7.54. The van der Waals surface area contributed by atoms with Crippen molar-refractivity contribution >= 4 is 34.0 Å². The first-order valence-corrected chi connectivity index (χ1v) is 9.86. The Morgan fingerprint density at radius 2 is 2.11 bits per heavy atom. The minimum Gasteiger partial charge on any atom is -0.326 e. The molecule has 0 saturated heterocycles. The summed E-state index contributed by atoms with van der Waals surface area (Å²) in [6.07, 6.45) is 1.33. The van der Waals surface area contributed by atoms with Crippen LogP contribution in [0.2, 0.25) is 0 Å². The smallest absolute Gasteiger partial charge is 0.227 e. The zero-order valence-electron chi connectivity index (χ0n) is 14.9. The van der Waals surface area contributed by atoms with Crippen LogP contribution in [0.1, 0.15) is 18.4 Å². The summed E-state index contributed by atoms with van der Waals surface area (Å²) in [5.74, 6) is -0.788. The maximum Gasteiger partial charge on any atom is 0.227 e. The molecule has 0 radical (unpaired) electrons. The Morgan fingerprint density at radius 3 is 2.96 bits per heavy atom. The first kappa shape index (κ1) is 18.3. The number of fused-ring (bicyclic) bond motifs is 1. The van der Waals surface area contributed by atoms with Gasteiger partial charge in [-0.25, -0.2) is 9.37 Å². The SMILES string of the molecule is O=C(CCC1Cc2ccccc2NC1=O)Nc1nc(-c2cccc(F)c2)cs1. The molecule has 0 spiro atoms. The van der Waals surface area contributed by atoms with Crippen molar-refractivity contribution in [2.24, 2.45) is 5.92 Å². The van der Waals surface area contributed by atoms with Crippen molar-refractivity contribution in [2.45, 2.75) is 19.3 Å². The molecule has 2 N–H and O–H groups in total. The summed E-state index contributed by atoms with van der Waals surface area (Å²) in [4.78, 5) is 28.8. The van der Waals surface area contributed by atoms with Gasteiger partial charge in [0.1, 0.15) is 5.82 Å². The van der Waals surface area contributed by atoms with Crippen molar-refractivity contribution in [3.8, 4) is 11.3 Å². The maximum atomic E-state index is 13.3. The summed E-state index contributed by atoms with van der Waals surface area (Å²) in [6, 6.07) is 13.9. The maximum absolute atomic E-state index is 13.3. The minimum absolute atomic E-state index is 0.0471. The molecule has 28 heavy (non-hydrogen) atoms. The number of hydrogen-bond acceptors (Lipinski definition) is 4. The van der Waals surface area contributed by atoms with Crippen molar-refractivity contribution in [1.82, 2.24) is 4.98 Å². The summed E-state index contributed by atoms with van der Waals surface area (Å²) < 4.78 is 13.3. The molecule has 5 nitrogen and oxygen atoms in total. The van der Waals surface area contributed by atoms with Crippen LogP contribution in [-0.4, -0.2) is 16.8 Å². The molecule has 1 aliphatic rings. The molecule has 4 rings (SSSR count). The Balaban J connectivity index is 1.34. The van der Waals surface area contributed by atoms with E-state index in [2.05, 4.69) is 15.6 Å². The highest BCUT2D eigenvalue weighted by atomic mass is 32.1. The van der Waals surface area contributed by atoms with Gasteiger partial charge in [0.25, 0.3) is 0 Å². The van der Waals surface area contributed by atoms with Crippen molar-refractivity contribution in [1.29, 1.82) is 0 Å². The fourth-order valence-electron chi connectivity index (χ4n) is 3.24. The number of nitrogens with one attached hydrogen (secondary N) is 2. The van der Waals surface area contributed by atoms with E-state index in [1.165, 1.54) is 23.5 Å². The van der Waals surface area contributed by atoms with Crippen LogP contribution < -0.4 is 10.6 Å². The lowest BCUT2D eigenvalue weighted by atomic mass is 9.89. The van der Waals surface area contributed by atoms with Gasteiger partial charge in [-0.2, -0.15) is 0 Å².